The predicted octanol–water partition coefficient (Wildman–Crippen LogP) is 9.72. The van der Waals surface area contributed by atoms with Crippen molar-refractivity contribution in [2.75, 3.05) is 47.5 Å². The minimum absolute atomic E-state index is 0.0410. The van der Waals surface area contributed by atoms with E-state index in [1.54, 1.807) is 0 Å². The molecule has 0 aromatic heterocycles. The van der Waals surface area contributed by atoms with Gasteiger partial charge in [0.05, 0.1) is 27.7 Å². The standard InChI is InChI=1S/C40H72NO8P/c1-6-8-10-12-14-16-18-19-20-21-23-25-27-29-31-33-40(43)49-38(37-48-50(44,45)47-35-34-41(3,4)5)36-46-39(42)32-30-28-26-24-22-17-15-13-11-9-7-2/h13-16,19-20,23,25,38H,6-12,17-18,21-22,24,26-37H2,1-5H3/b15-13-,16-14-,20-19-,25-23-/t38-/m1/s1. The average molecular weight is 726 g/mol. The number of likely N-dealkylation sites (N-methyl/N-ethyl adjacent to an activating group) is 1. The maximum absolute atomic E-state index is 12.6. The monoisotopic (exact) mass is 725 g/mol. The molecule has 1 unspecified atom stereocenters. The molecule has 0 aliphatic rings. The summed E-state index contributed by atoms with van der Waals surface area (Å²) >= 11 is 0. The number of phosphoric acid groups is 1. The van der Waals surface area contributed by atoms with E-state index in [4.69, 9.17) is 18.5 Å². The van der Waals surface area contributed by atoms with Crippen molar-refractivity contribution in [3.8, 4) is 0 Å². The van der Waals surface area contributed by atoms with Gasteiger partial charge in [0.25, 0.3) is 7.82 Å². The Bertz CT molecular complexity index is 1000. The average Bonchev–Trinajstić information content (AvgIpc) is 3.06. The van der Waals surface area contributed by atoms with E-state index in [9.17, 15) is 19.0 Å². The minimum Gasteiger partial charge on any atom is -0.756 e. The molecule has 290 valence electrons. The van der Waals surface area contributed by atoms with Crippen LogP contribution in [0.2, 0.25) is 0 Å². The van der Waals surface area contributed by atoms with E-state index in [0.29, 0.717) is 23.9 Å². The summed E-state index contributed by atoms with van der Waals surface area (Å²) in [6.45, 7) is 4.07. The summed E-state index contributed by atoms with van der Waals surface area (Å²) in [6.07, 6.45) is 35.7. The first-order valence-electron chi connectivity index (χ1n) is 19.3. The summed E-state index contributed by atoms with van der Waals surface area (Å²) < 4.78 is 33.7. The lowest BCUT2D eigenvalue weighted by atomic mass is 10.1. The van der Waals surface area contributed by atoms with Gasteiger partial charge >= 0.3 is 11.9 Å². The van der Waals surface area contributed by atoms with Gasteiger partial charge in [0, 0.05) is 12.8 Å². The lowest BCUT2D eigenvalue weighted by Crippen LogP contribution is -2.37. The number of esters is 2. The van der Waals surface area contributed by atoms with Gasteiger partial charge in [-0.3, -0.25) is 14.2 Å². The van der Waals surface area contributed by atoms with Crippen molar-refractivity contribution in [2.45, 2.75) is 148 Å². The number of unbranched alkanes of at least 4 members (excludes halogenated alkanes) is 12. The molecule has 0 aromatic rings. The Morgan fingerprint density at radius 3 is 1.72 bits per heavy atom. The van der Waals surface area contributed by atoms with Crippen LogP contribution in [0.1, 0.15) is 142 Å². The zero-order valence-electron chi connectivity index (χ0n) is 32.3. The van der Waals surface area contributed by atoms with E-state index < -0.39 is 32.5 Å². The van der Waals surface area contributed by atoms with Crippen molar-refractivity contribution in [2.24, 2.45) is 0 Å². The van der Waals surface area contributed by atoms with E-state index in [2.05, 4.69) is 62.5 Å². The molecule has 0 aromatic carbocycles. The first-order chi connectivity index (χ1) is 24.0. The molecule has 2 atom stereocenters. The molecule has 0 saturated carbocycles. The van der Waals surface area contributed by atoms with Crippen molar-refractivity contribution < 1.29 is 42.1 Å². The van der Waals surface area contributed by atoms with Gasteiger partial charge in [-0.15, -0.1) is 0 Å². The molecular formula is C40H72NO8P. The Morgan fingerprint density at radius 2 is 1.10 bits per heavy atom. The fraction of sp³-hybridized carbons (Fsp3) is 0.750. The zero-order valence-corrected chi connectivity index (χ0v) is 33.2. The molecule has 10 heteroatoms. The molecule has 0 rings (SSSR count). The molecule has 0 heterocycles. The first kappa shape index (κ1) is 48.0. The largest absolute Gasteiger partial charge is 0.756 e. The minimum atomic E-state index is -4.63. The second-order valence-electron chi connectivity index (χ2n) is 13.9. The van der Waals surface area contributed by atoms with E-state index in [1.807, 2.05) is 21.1 Å². The van der Waals surface area contributed by atoms with Crippen LogP contribution < -0.4 is 4.89 Å². The predicted molar refractivity (Wildman–Crippen MR) is 203 cm³/mol. The Hall–Kier alpha value is -2.03. The highest BCUT2D eigenvalue weighted by atomic mass is 31.2. The lowest BCUT2D eigenvalue weighted by molar-refractivity contribution is -0.870. The van der Waals surface area contributed by atoms with Gasteiger partial charge < -0.3 is 27.9 Å². The molecule has 0 aliphatic heterocycles. The number of quaternary nitrogens is 1. The molecule has 0 amide bonds. The number of carbonyl (C=O) groups is 2. The van der Waals surface area contributed by atoms with Crippen molar-refractivity contribution in [3.05, 3.63) is 48.6 Å². The van der Waals surface area contributed by atoms with Crippen LogP contribution in [0.15, 0.2) is 48.6 Å². The molecule has 0 N–H and O–H groups in total. The topological polar surface area (TPSA) is 111 Å². The second kappa shape index (κ2) is 32.8. The highest BCUT2D eigenvalue weighted by Crippen LogP contribution is 2.38. The van der Waals surface area contributed by atoms with Crippen LogP contribution >= 0.6 is 7.82 Å². The Labute approximate surface area is 305 Å². The van der Waals surface area contributed by atoms with E-state index >= 15 is 0 Å². The summed E-state index contributed by atoms with van der Waals surface area (Å²) in [5.41, 5.74) is 0. The summed E-state index contributed by atoms with van der Waals surface area (Å²) in [5, 5.41) is 0. The number of nitrogens with zero attached hydrogens (tertiary/aromatic N) is 1. The Balaban J connectivity index is 4.54. The van der Waals surface area contributed by atoms with Crippen molar-refractivity contribution in [3.63, 3.8) is 0 Å². The fourth-order valence-corrected chi connectivity index (χ4v) is 5.43. The van der Waals surface area contributed by atoms with Gasteiger partial charge in [-0.1, -0.05) is 107 Å². The second-order valence-corrected chi connectivity index (χ2v) is 15.3. The summed E-state index contributed by atoms with van der Waals surface area (Å²) in [5.74, 6) is -0.897. The van der Waals surface area contributed by atoms with E-state index in [0.717, 1.165) is 70.6 Å². The number of ether oxygens (including phenoxy) is 2. The number of carbonyl (C=O) groups excluding carboxylic acids is 2. The first-order valence-corrected chi connectivity index (χ1v) is 20.8. The van der Waals surface area contributed by atoms with Gasteiger partial charge in [0.1, 0.15) is 19.8 Å². The smallest absolute Gasteiger partial charge is 0.306 e. The summed E-state index contributed by atoms with van der Waals surface area (Å²) in [6, 6.07) is 0. The number of phosphoric ester groups is 1. The number of hydrogen-bond donors (Lipinski definition) is 0. The third kappa shape index (κ3) is 35.8. The van der Waals surface area contributed by atoms with Crippen LogP contribution in [0.4, 0.5) is 0 Å². The molecule has 0 saturated heterocycles. The Kier molecular flexibility index (Phi) is 31.5. The van der Waals surface area contributed by atoms with Crippen LogP contribution in [-0.2, 0) is 32.7 Å². The molecule has 9 nitrogen and oxygen atoms in total. The molecule has 0 aliphatic carbocycles. The summed E-state index contributed by atoms with van der Waals surface area (Å²) in [4.78, 5) is 37.3. The summed E-state index contributed by atoms with van der Waals surface area (Å²) in [7, 11) is 1.13. The van der Waals surface area contributed by atoms with Crippen molar-refractivity contribution >= 4 is 19.8 Å². The normalized spacial score (nSPS) is 14.3. The van der Waals surface area contributed by atoms with Crippen LogP contribution in [0, 0.1) is 0 Å². The van der Waals surface area contributed by atoms with Crippen LogP contribution in [0.25, 0.3) is 0 Å². The molecule has 0 fully saturated rings. The SMILES string of the molecule is CCCC/C=C\CCCCCCCC(=O)OC[C@H](COP(=O)([O-])OCC[N+](C)(C)C)OC(=O)CCCC/C=C\C/C=C\C/C=C\CCCCC. The number of hydrogen-bond acceptors (Lipinski definition) is 8. The van der Waals surface area contributed by atoms with Gasteiger partial charge in [-0.05, 0) is 70.6 Å². The van der Waals surface area contributed by atoms with Crippen LogP contribution in [-0.4, -0.2) is 70.0 Å². The maximum atomic E-state index is 12.6. The third-order valence-corrected chi connectivity index (χ3v) is 8.79. The van der Waals surface area contributed by atoms with Crippen molar-refractivity contribution in [1.29, 1.82) is 0 Å². The molecule has 0 spiro atoms. The van der Waals surface area contributed by atoms with Gasteiger partial charge in [0.15, 0.2) is 6.10 Å². The fourth-order valence-electron chi connectivity index (χ4n) is 4.70. The molecule has 50 heavy (non-hydrogen) atoms. The molecular weight excluding hydrogens is 653 g/mol. The molecule has 0 radical (unpaired) electrons. The quantitative estimate of drug-likeness (QED) is 0.0212. The van der Waals surface area contributed by atoms with E-state index in [-0.39, 0.29) is 26.1 Å². The third-order valence-electron chi connectivity index (χ3n) is 7.82. The maximum Gasteiger partial charge on any atom is 0.306 e. The zero-order chi connectivity index (χ0) is 37.2. The highest BCUT2D eigenvalue weighted by molar-refractivity contribution is 7.45. The number of allylic oxidation sites excluding steroid dienone is 8. The Morgan fingerprint density at radius 1 is 0.620 bits per heavy atom. The van der Waals surface area contributed by atoms with Gasteiger partial charge in [-0.2, -0.15) is 0 Å². The van der Waals surface area contributed by atoms with Crippen molar-refractivity contribution in [1.82, 2.24) is 0 Å². The van der Waals surface area contributed by atoms with Gasteiger partial charge in [0.2, 0.25) is 0 Å². The lowest BCUT2D eigenvalue weighted by Gasteiger charge is -2.28. The number of rotatable bonds is 34. The van der Waals surface area contributed by atoms with Crippen LogP contribution in [0.3, 0.4) is 0 Å². The van der Waals surface area contributed by atoms with Crippen LogP contribution in [0.5, 0.6) is 0 Å². The van der Waals surface area contributed by atoms with E-state index in [1.165, 1.54) is 32.1 Å². The molecule has 0 bridgehead atoms. The van der Waals surface area contributed by atoms with Gasteiger partial charge in [-0.25, -0.2) is 0 Å². The highest BCUT2D eigenvalue weighted by Gasteiger charge is 2.21.